The van der Waals surface area contributed by atoms with Gasteiger partial charge in [-0.3, -0.25) is 0 Å². The zero-order chi connectivity index (χ0) is 26.6. The molecule has 0 aliphatic heterocycles. The molecule has 0 atom stereocenters. The molecule has 0 bridgehead atoms. The van der Waals surface area contributed by atoms with Gasteiger partial charge in [-0.15, -0.1) is 0 Å². The van der Waals surface area contributed by atoms with Gasteiger partial charge >= 0.3 is 0 Å². The van der Waals surface area contributed by atoms with Gasteiger partial charge in [0, 0.05) is 11.8 Å². The molecule has 2 aromatic rings. The summed E-state index contributed by atoms with van der Waals surface area (Å²) >= 11 is 0. The molecule has 0 nitrogen and oxygen atoms in total. The van der Waals surface area contributed by atoms with Crippen LogP contribution in [0.3, 0.4) is 0 Å². The molecule has 0 spiro atoms. The van der Waals surface area contributed by atoms with Crippen molar-refractivity contribution in [3.05, 3.63) is 82.0 Å². The number of benzene rings is 2. The standard InChI is InChI=1S/C36H46/c1-33(2,3)23-13-21-14-24(34(4,5)6)19-29-30-20-26(36(10,11)12)16-22-15-25(35(7,8)9)18-28(32(22)30)27(17-23)31(21)29/h13-21,31H,1-12H3. The maximum atomic E-state index is 2.58. The van der Waals surface area contributed by atoms with Crippen LogP contribution in [-0.2, 0) is 10.8 Å². The normalized spacial score (nSPS) is 22.0. The summed E-state index contributed by atoms with van der Waals surface area (Å²) in [4.78, 5) is 0. The van der Waals surface area contributed by atoms with Gasteiger partial charge in [-0.1, -0.05) is 132 Å². The van der Waals surface area contributed by atoms with Crippen molar-refractivity contribution in [2.75, 3.05) is 0 Å². The average molecular weight is 479 g/mol. The lowest BCUT2D eigenvalue weighted by Gasteiger charge is -2.43. The fourth-order valence-corrected chi connectivity index (χ4v) is 6.11. The minimum Gasteiger partial charge on any atom is -0.0729 e. The van der Waals surface area contributed by atoms with Crippen LogP contribution in [0.4, 0.5) is 0 Å². The van der Waals surface area contributed by atoms with Crippen LogP contribution in [0.25, 0.3) is 21.9 Å². The lowest BCUT2D eigenvalue weighted by molar-refractivity contribution is 0.489. The van der Waals surface area contributed by atoms with E-state index in [1.54, 1.807) is 0 Å². The molecule has 190 valence electrons. The third-order valence-corrected chi connectivity index (χ3v) is 8.56. The van der Waals surface area contributed by atoms with E-state index < -0.39 is 0 Å². The average Bonchev–Trinajstić information content (AvgIpc) is 2.73. The molecule has 0 fully saturated rings. The first-order chi connectivity index (χ1) is 16.4. The van der Waals surface area contributed by atoms with E-state index >= 15 is 0 Å². The molecule has 0 N–H and O–H groups in total. The van der Waals surface area contributed by atoms with Crippen molar-refractivity contribution in [2.24, 2.45) is 22.7 Å². The van der Waals surface area contributed by atoms with Crippen molar-refractivity contribution in [2.45, 2.75) is 93.9 Å². The quantitative estimate of drug-likeness (QED) is 0.353. The monoisotopic (exact) mass is 478 g/mol. The highest BCUT2D eigenvalue weighted by molar-refractivity contribution is 6.10. The van der Waals surface area contributed by atoms with Crippen molar-refractivity contribution >= 4 is 21.9 Å². The van der Waals surface area contributed by atoms with Crippen LogP contribution in [0, 0.1) is 22.7 Å². The van der Waals surface area contributed by atoms with Gasteiger partial charge in [-0.2, -0.15) is 0 Å². The highest BCUT2D eigenvalue weighted by Gasteiger charge is 2.41. The van der Waals surface area contributed by atoms with Gasteiger partial charge in [0.2, 0.25) is 0 Å². The van der Waals surface area contributed by atoms with Crippen LogP contribution in [0.15, 0.2) is 59.7 Å². The maximum absolute atomic E-state index is 2.58. The van der Waals surface area contributed by atoms with Gasteiger partial charge in [0.25, 0.3) is 0 Å². The second kappa shape index (κ2) is 7.59. The third-order valence-electron chi connectivity index (χ3n) is 8.56. The predicted octanol–water partition coefficient (Wildman–Crippen LogP) is 10.4. The van der Waals surface area contributed by atoms with Gasteiger partial charge in [0.1, 0.15) is 0 Å². The van der Waals surface area contributed by atoms with E-state index in [4.69, 9.17) is 0 Å². The van der Waals surface area contributed by atoms with E-state index in [-0.39, 0.29) is 21.7 Å². The molecule has 2 aromatic carbocycles. The number of hydrogen-bond donors (Lipinski definition) is 0. The molecule has 0 heterocycles. The smallest absolute Gasteiger partial charge is 0.0200 e. The molecule has 0 saturated heterocycles. The Bertz CT molecular complexity index is 1280. The maximum Gasteiger partial charge on any atom is 0.0200 e. The number of allylic oxidation sites excluding steroid dienone is 8. The Labute approximate surface area is 220 Å². The second-order valence-electron chi connectivity index (χ2n) is 15.6. The van der Waals surface area contributed by atoms with Crippen molar-refractivity contribution in [1.82, 2.24) is 0 Å². The summed E-state index contributed by atoms with van der Waals surface area (Å²) in [6.07, 6.45) is 10.3. The van der Waals surface area contributed by atoms with Crippen molar-refractivity contribution in [3.63, 3.8) is 0 Å². The van der Waals surface area contributed by atoms with E-state index in [0.29, 0.717) is 11.8 Å². The zero-order valence-corrected chi connectivity index (χ0v) is 24.8. The molecule has 0 radical (unpaired) electrons. The molecular weight excluding hydrogens is 432 g/mol. The van der Waals surface area contributed by atoms with Gasteiger partial charge < -0.3 is 0 Å². The van der Waals surface area contributed by atoms with E-state index in [1.165, 1.54) is 55.3 Å². The lowest BCUT2D eigenvalue weighted by Crippen LogP contribution is -2.29. The summed E-state index contributed by atoms with van der Waals surface area (Å²) < 4.78 is 0. The zero-order valence-electron chi connectivity index (χ0n) is 24.8. The molecule has 0 heteroatoms. The Balaban J connectivity index is 1.95. The van der Waals surface area contributed by atoms with Gasteiger partial charge in [-0.05, 0) is 77.0 Å². The van der Waals surface area contributed by atoms with Crippen molar-refractivity contribution in [1.29, 1.82) is 0 Å². The highest BCUT2D eigenvalue weighted by Crippen LogP contribution is 2.57. The van der Waals surface area contributed by atoms with Crippen LogP contribution in [0.5, 0.6) is 0 Å². The van der Waals surface area contributed by atoms with Gasteiger partial charge in [0.05, 0.1) is 0 Å². The van der Waals surface area contributed by atoms with Crippen molar-refractivity contribution in [3.8, 4) is 0 Å². The second-order valence-corrected chi connectivity index (χ2v) is 15.6. The molecule has 0 aromatic heterocycles. The Hall–Kier alpha value is -2.34. The molecule has 0 saturated carbocycles. The largest absolute Gasteiger partial charge is 0.0729 e. The fourth-order valence-electron chi connectivity index (χ4n) is 6.11. The Morgan fingerprint density at radius 3 is 1.22 bits per heavy atom. The van der Waals surface area contributed by atoms with Gasteiger partial charge in [0.15, 0.2) is 0 Å². The molecule has 5 rings (SSSR count). The minimum absolute atomic E-state index is 0.0991. The summed E-state index contributed by atoms with van der Waals surface area (Å²) in [6.45, 7) is 28.2. The van der Waals surface area contributed by atoms with Crippen LogP contribution < -0.4 is 0 Å². The number of rotatable bonds is 0. The van der Waals surface area contributed by atoms with Crippen molar-refractivity contribution < 1.29 is 0 Å². The van der Waals surface area contributed by atoms with E-state index in [9.17, 15) is 0 Å². The van der Waals surface area contributed by atoms with Crippen LogP contribution in [-0.4, -0.2) is 0 Å². The number of fused-ring (bicyclic) bond motifs is 2. The highest BCUT2D eigenvalue weighted by atomic mass is 14.4. The predicted molar refractivity (Wildman–Crippen MR) is 159 cm³/mol. The third kappa shape index (κ3) is 4.06. The Morgan fingerprint density at radius 1 is 0.500 bits per heavy atom. The van der Waals surface area contributed by atoms with E-state index in [1.807, 2.05) is 0 Å². The molecule has 0 amide bonds. The molecule has 0 unspecified atom stereocenters. The molecule has 3 aliphatic carbocycles. The summed E-state index contributed by atoms with van der Waals surface area (Å²) in [7, 11) is 0. The molecule has 3 aliphatic rings. The minimum atomic E-state index is 0.0991. The summed E-state index contributed by atoms with van der Waals surface area (Å²) in [5, 5.41) is 2.85. The summed E-state index contributed by atoms with van der Waals surface area (Å²) in [5.74, 6) is 0.788. The fraction of sp³-hybridized carbons (Fsp3) is 0.500. The molecular formula is C36H46. The SMILES string of the molecule is CC(C)(C)C1=CC2C=C(C(C)(C)C)C=C3c4cc(C(C)(C)C)cc5cc(C(C)(C)C)cc(c45)C(=C1)C32. The molecule has 36 heavy (non-hydrogen) atoms. The lowest BCUT2D eigenvalue weighted by atomic mass is 9.60. The van der Waals surface area contributed by atoms with E-state index in [0.717, 1.165) is 0 Å². The first-order valence-corrected chi connectivity index (χ1v) is 13.9. The van der Waals surface area contributed by atoms with Crippen LogP contribution >= 0.6 is 0 Å². The summed E-state index contributed by atoms with van der Waals surface area (Å²) in [5.41, 5.74) is 12.2. The van der Waals surface area contributed by atoms with Crippen LogP contribution in [0.1, 0.15) is 105 Å². The first kappa shape index (κ1) is 25.3. The Morgan fingerprint density at radius 2 is 0.889 bits per heavy atom. The van der Waals surface area contributed by atoms with Crippen LogP contribution in [0.2, 0.25) is 0 Å². The van der Waals surface area contributed by atoms with E-state index in [2.05, 4.69) is 132 Å². The topological polar surface area (TPSA) is 0 Å². The first-order valence-electron chi connectivity index (χ1n) is 13.9. The Kier molecular flexibility index (Phi) is 5.34. The number of hydrogen-bond acceptors (Lipinski definition) is 0. The summed E-state index contributed by atoms with van der Waals surface area (Å²) in [6, 6.07) is 10.0. The van der Waals surface area contributed by atoms with Gasteiger partial charge in [-0.25, -0.2) is 0 Å².